The number of hydrogen-bond acceptors (Lipinski definition) is 2. The van der Waals surface area contributed by atoms with Crippen LogP contribution in [0.15, 0.2) is 36.5 Å². The highest BCUT2D eigenvalue weighted by Crippen LogP contribution is 2.06. The summed E-state index contributed by atoms with van der Waals surface area (Å²) in [4.78, 5) is 15.5. The molecule has 3 heteroatoms. The third-order valence-corrected chi connectivity index (χ3v) is 3.04. The monoisotopic (exact) mass is 234 g/mol. The van der Waals surface area contributed by atoms with Gasteiger partial charge in [-0.1, -0.05) is 30.9 Å². The lowest BCUT2D eigenvalue weighted by Crippen LogP contribution is -2.48. The molecule has 0 unspecified atom stereocenters. The Kier molecular flexibility index (Phi) is 5.70. The summed E-state index contributed by atoms with van der Waals surface area (Å²) in [6.07, 6.45) is 7.96. The molecule has 1 saturated heterocycles. The van der Waals surface area contributed by atoms with Crippen LogP contribution in [0.1, 0.15) is 13.8 Å². The lowest BCUT2D eigenvalue weighted by atomic mass is 10.2. The lowest BCUT2D eigenvalue weighted by Gasteiger charge is -2.34. The van der Waals surface area contributed by atoms with Crippen molar-refractivity contribution >= 4 is 5.91 Å². The van der Waals surface area contributed by atoms with Gasteiger partial charge in [0.15, 0.2) is 0 Å². The molecule has 0 aliphatic carbocycles. The van der Waals surface area contributed by atoms with Crippen molar-refractivity contribution in [2.75, 3.05) is 32.7 Å². The number of carbonyl (C=O) groups is 1. The van der Waals surface area contributed by atoms with E-state index in [9.17, 15) is 4.79 Å². The van der Waals surface area contributed by atoms with E-state index >= 15 is 0 Å². The molecule has 1 amide bonds. The number of hydrogen-bond donors (Lipinski definition) is 0. The SMILES string of the molecule is C=C/C=C\C(=C/C)CN1CCN(C(C)=O)CC1. The van der Waals surface area contributed by atoms with Crippen molar-refractivity contribution in [3.8, 4) is 0 Å². The predicted octanol–water partition coefficient (Wildman–Crippen LogP) is 1.84. The molecule has 0 bridgehead atoms. The summed E-state index contributed by atoms with van der Waals surface area (Å²) in [6, 6.07) is 0. The molecule has 0 spiro atoms. The van der Waals surface area contributed by atoms with Gasteiger partial charge in [-0.05, 0) is 12.5 Å². The molecule has 94 valence electrons. The van der Waals surface area contributed by atoms with Gasteiger partial charge < -0.3 is 4.90 Å². The van der Waals surface area contributed by atoms with Crippen molar-refractivity contribution in [2.24, 2.45) is 0 Å². The molecule has 1 aliphatic rings. The molecule has 3 nitrogen and oxygen atoms in total. The van der Waals surface area contributed by atoms with Gasteiger partial charge in [0.25, 0.3) is 0 Å². The lowest BCUT2D eigenvalue weighted by molar-refractivity contribution is -0.130. The molecule has 0 N–H and O–H groups in total. The Hall–Kier alpha value is -1.35. The van der Waals surface area contributed by atoms with Crippen molar-refractivity contribution in [1.82, 2.24) is 9.80 Å². The zero-order chi connectivity index (χ0) is 12.7. The summed E-state index contributed by atoms with van der Waals surface area (Å²) in [5, 5.41) is 0. The quantitative estimate of drug-likeness (QED) is 0.693. The average Bonchev–Trinajstić information content (AvgIpc) is 2.35. The minimum absolute atomic E-state index is 0.183. The van der Waals surface area contributed by atoms with Crippen LogP contribution in [0.2, 0.25) is 0 Å². The number of allylic oxidation sites excluding steroid dienone is 3. The molecule has 0 atom stereocenters. The van der Waals surface area contributed by atoms with Crippen LogP contribution >= 0.6 is 0 Å². The molecule has 1 aliphatic heterocycles. The van der Waals surface area contributed by atoms with Crippen molar-refractivity contribution in [3.05, 3.63) is 36.5 Å². The van der Waals surface area contributed by atoms with Gasteiger partial charge in [-0.15, -0.1) is 0 Å². The van der Waals surface area contributed by atoms with Gasteiger partial charge in [-0.3, -0.25) is 9.69 Å². The topological polar surface area (TPSA) is 23.6 Å². The molecule has 0 aromatic rings. The summed E-state index contributed by atoms with van der Waals surface area (Å²) in [5.41, 5.74) is 1.29. The summed E-state index contributed by atoms with van der Waals surface area (Å²) in [5.74, 6) is 0.183. The minimum atomic E-state index is 0.183. The third kappa shape index (κ3) is 4.57. The summed E-state index contributed by atoms with van der Waals surface area (Å²) >= 11 is 0. The fourth-order valence-corrected chi connectivity index (χ4v) is 1.91. The van der Waals surface area contributed by atoms with Gasteiger partial charge in [0.1, 0.15) is 0 Å². The van der Waals surface area contributed by atoms with Crippen LogP contribution in [-0.2, 0) is 4.79 Å². The van der Waals surface area contributed by atoms with Crippen molar-refractivity contribution in [3.63, 3.8) is 0 Å². The maximum Gasteiger partial charge on any atom is 0.219 e. The largest absolute Gasteiger partial charge is 0.340 e. The third-order valence-electron chi connectivity index (χ3n) is 3.04. The van der Waals surface area contributed by atoms with Crippen LogP contribution in [0.5, 0.6) is 0 Å². The number of carbonyl (C=O) groups excluding carboxylic acids is 1. The van der Waals surface area contributed by atoms with E-state index in [4.69, 9.17) is 0 Å². The highest BCUT2D eigenvalue weighted by molar-refractivity contribution is 5.73. The Morgan fingerprint density at radius 2 is 1.94 bits per heavy atom. The minimum Gasteiger partial charge on any atom is -0.340 e. The van der Waals surface area contributed by atoms with E-state index in [1.807, 2.05) is 11.0 Å². The van der Waals surface area contributed by atoms with E-state index in [1.54, 1.807) is 13.0 Å². The summed E-state index contributed by atoms with van der Waals surface area (Å²) in [6.45, 7) is 11.9. The van der Waals surface area contributed by atoms with Crippen molar-refractivity contribution in [1.29, 1.82) is 0 Å². The molecule has 0 radical (unpaired) electrons. The van der Waals surface area contributed by atoms with E-state index < -0.39 is 0 Å². The smallest absolute Gasteiger partial charge is 0.219 e. The summed E-state index contributed by atoms with van der Waals surface area (Å²) < 4.78 is 0. The van der Waals surface area contributed by atoms with Gasteiger partial charge in [-0.2, -0.15) is 0 Å². The molecule has 0 aromatic carbocycles. The molecule has 17 heavy (non-hydrogen) atoms. The van der Waals surface area contributed by atoms with Gasteiger partial charge >= 0.3 is 0 Å². The number of rotatable bonds is 4. The first-order valence-corrected chi connectivity index (χ1v) is 6.09. The number of piperazine rings is 1. The van der Waals surface area contributed by atoms with Crippen LogP contribution in [0.25, 0.3) is 0 Å². The summed E-state index contributed by atoms with van der Waals surface area (Å²) in [7, 11) is 0. The zero-order valence-electron chi connectivity index (χ0n) is 10.9. The fraction of sp³-hybridized carbons (Fsp3) is 0.500. The maximum absolute atomic E-state index is 11.2. The second-order valence-corrected chi connectivity index (χ2v) is 4.24. The first-order chi connectivity index (χ1) is 8.17. The van der Waals surface area contributed by atoms with Crippen LogP contribution < -0.4 is 0 Å². The molecule has 1 heterocycles. The van der Waals surface area contributed by atoms with E-state index in [0.717, 1.165) is 32.7 Å². The normalized spacial score (nSPS) is 18.7. The highest BCUT2D eigenvalue weighted by Gasteiger charge is 2.18. The van der Waals surface area contributed by atoms with Crippen LogP contribution in [0, 0.1) is 0 Å². The van der Waals surface area contributed by atoms with Gasteiger partial charge in [-0.25, -0.2) is 0 Å². The Bertz CT molecular complexity index is 323. The second kappa shape index (κ2) is 7.07. The van der Waals surface area contributed by atoms with E-state index in [-0.39, 0.29) is 5.91 Å². The highest BCUT2D eigenvalue weighted by atomic mass is 16.2. The maximum atomic E-state index is 11.2. The predicted molar refractivity (Wildman–Crippen MR) is 71.8 cm³/mol. The Labute approximate surface area is 104 Å². The van der Waals surface area contributed by atoms with Gasteiger partial charge in [0.2, 0.25) is 5.91 Å². The molecule has 0 saturated carbocycles. The molecular formula is C14H22N2O. The molecule has 0 aromatic heterocycles. The average molecular weight is 234 g/mol. The van der Waals surface area contributed by atoms with Gasteiger partial charge in [0.05, 0.1) is 0 Å². The zero-order valence-corrected chi connectivity index (χ0v) is 10.9. The fourth-order valence-electron chi connectivity index (χ4n) is 1.91. The number of amides is 1. The molecular weight excluding hydrogens is 212 g/mol. The van der Waals surface area contributed by atoms with E-state index in [2.05, 4.69) is 30.6 Å². The van der Waals surface area contributed by atoms with Crippen molar-refractivity contribution < 1.29 is 4.79 Å². The second-order valence-electron chi connectivity index (χ2n) is 4.24. The van der Waals surface area contributed by atoms with Crippen LogP contribution in [0.3, 0.4) is 0 Å². The Morgan fingerprint density at radius 3 is 2.41 bits per heavy atom. The van der Waals surface area contributed by atoms with E-state index in [1.165, 1.54) is 5.57 Å². The first kappa shape index (κ1) is 13.7. The van der Waals surface area contributed by atoms with E-state index in [0.29, 0.717) is 0 Å². The Morgan fingerprint density at radius 1 is 1.29 bits per heavy atom. The molecule has 1 rings (SSSR count). The van der Waals surface area contributed by atoms with Crippen molar-refractivity contribution in [2.45, 2.75) is 13.8 Å². The Balaban J connectivity index is 2.42. The number of nitrogens with zero attached hydrogens (tertiary/aromatic N) is 2. The van der Waals surface area contributed by atoms with Crippen LogP contribution in [0.4, 0.5) is 0 Å². The van der Waals surface area contributed by atoms with Crippen LogP contribution in [-0.4, -0.2) is 48.4 Å². The molecule has 1 fully saturated rings. The van der Waals surface area contributed by atoms with Gasteiger partial charge in [0, 0.05) is 39.6 Å². The standard InChI is InChI=1S/C14H22N2O/c1-4-6-7-14(5-2)12-15-8-10-16(11-9-15)13(3)17/h4-7H,1,8-12H2,2-3H3/b7-6-,14-5+. The first-order valence-electron chi connectivity index (χ1n) is 6.09.